The Kier molecular flexibility index (Phi) is 5.07. The molecule has 1 heterocycles. The van der Waals surface area contributed by atoms with Crippen molar-refractivity contribution in [2.45, 2.75) is 44.9 Å². The summed E-state index contributed by atoms with van der Waals surface area (Å²) in [5, 5.41) is 8.52. The van der Waals surface area contributed by atoms with Gasteiger partial charge in [0.05, 0.1) is 0 Å². The second-order valence-corrected chi connectivity index (χ2v) is 4.85. The molecule has 19 heavy (non-hydrogen) atoms. The van der Waals surface area contributed by atoms with E-state index in [0.29, 0.717) is 13.2 Å². The molecule has 0 spiro atoms. The van der Waals surface area contributed by atoms with E-state index >= 15 is 0 Å². The summed E-state index contributed by atoms with van der Waals surface area (Å²) < 4.78 is 10.6. The number of aliphatic carboxylic acids is 1. The number of ether oxygens (including phenoxy) is 2. The molecular formula is C15H20O4. The molecule has 0 fully saturated rings. The fourth-order valence-electron chi connectivity index (χ4n) is 2.23. The summed E-state index contributed by atoms with van der Waals surface area (Å²) in [7, 11) is 0. The smallest absolute Gasteiger partial charge is 0.303 e. The third-order valence-electron chi connectivity index (χ3n) is 3.29. The molecule has 0 amide bonds. The molecule has 1 N–H and O–H groups in total. The van der Waals surface area contributed by atoms with Crippen LogP contribution in [0.4, 0.5) is 0 Å². The van der Waals surface area contributed by atoms with E-state index in [9.17, 15) is 4.79 Å². The molecule has 0 bridgehead atoms. The third-order valence-corrected chi connectivity index (χ3v) is 3.29. The molecule has 0 unspecified atom stereocenters. The Bertz CT molecular complexity index is 428. The number of unbranched alkanes of at least 4 members (excludes halogenated alkanes) is 4. The molecular weight excluding hydrogens is 244 g/mol. The topological polar surface area (TPSA) is 55.8 Å². The minimum absolute atomic E-state index is 0.294. The van der Waals surface area contributed by atoms with Crippen molar-refractivity contribution >= 4 is 5.97 Å². The summed E-state index contributed by atoms with van der Waals surface area (Å²) in [6.45, 7) is 0.322. The summed E-state index contributed by atoms with van der Waals surface area (Å²) in [5.41, 5.74) is 1.27. The second kappa shape index (κ2) is 7.02. The summed E-state index contributed by atoms with van der Waals surface area (Å²) in [4.78, 5) is 10.3. The van der Waals surface area contributed by atoms with E-state index in [0.717, 1.165) is 50.0 Å². The molecule has 1 aromatic carbocycles. The fraction of sp³-hybridized carbons (Fsp3) is 0.533. The van der Waals surface area contributed by atoms with Crippen molar-refractivity contribution in [1.29, 1.82) is 0 Å². The average molecular weight is 264 g/mol. The minimum atomic E-state index is -0.694. The van der Waals surface area contributed by atoms with Crippen LogP contribution in [0.3, 0.4) is 0 Å². The van der Waals surface area contributed by atoms with Gasteiger partial charge in [-0.05, 0) is 37.0 Å². The van der Waals surface area contributed by atoms with Crippen molar-refractivity contribution in [3.05, 3.63) is 23.8 Å². The molecule has 1 aliphatic rings. The van der Waals surface area contributed by atoms with Crippen LogP contribution in [0, 0.1) is 0 Å². The maximum atomic E-state index is 10.3. The van der Waals surface area contributed by atoms with Crippen LogP contribution in [-0.4, -0.2) is 17.9 Å². The highest BCUT2D eigenvalue weighted by Crippen LogP contribution is 2.32. The van der Waals surface area contributed by atoms with Crippen molar-refractivity contribution in [2.75, 3.05) is 6.79 Å². The van der Waals surface area contributed by atoms with E-state index in [2.05, 4.69) is 6.07 Å². The van der Waals surface area contributed by atoms with Crippen LogP contribution in [0.1, 0.15) is 44.1 Å². The molecule has 1 aliphatic heterocycles. The number of aryl methyl sites for hydroxylation is 1. The number of carboxylic acid groups (broad SMARTS) is 1. The zero-order chi connectivity index (χ0) is 13.5. The lowest BCUT2D eigenvalue weighted by Crippen LogP contribution is -1.93. The standard InChI is InChI=1S/C15H20O4/c16-15(17)7-5-3-1-2-4-6-12-8-9-13-14(10-12)19-11-18-13/h8-10H,1-7,11H2,(H,16,17). The zero-order valence-corrected chi connectivity index (χ0v) is 11.1. The number of carboxylic acids is 1. The van der Waals surface area contributed by atoms with Gasteiger partial charge in [-0.25, -0.2) is 0 Å². The molecule has 0 aromatic heterocycles. The number of rotatable bonds is 8. The Morgan fingerprint density at radius 3 is 2.63 bits per heavy atom. The van der Waals surface area contributed by atoms with Gasteiger partial charge in [0.25, 0.3) is 0 Å². The van der Waals surface area contributed by atoms with Gasteiger partial charge in [0.2, 0.25) is 6.79 Å². The zero-order valence-electron chi connectivity index (χ0n) is 11.1. The van der Waals surface area contributed by atoms with Crippen molar-refractivity contribution in [3.63, 3.8) is 0 Å². The molecule has 104 valence electrons. The first kappa shape index (κ1) is 13.7. The molecule has 2 rings (SSSR count). The van der Waals surface area contributed by atoms with Gasteiger partial charge >= 0.3 is 5.97 Å². The Hall–Kier alpha value is -1.71. The van der Waals surface area contributed by atoms with Gasteiger partial charge in [0.1, 0.15) is 0 Å². The summed E-state index contributed by atoms with van der Waals surface area (Å²) >= 11 is 0. The van der Waals surface area contributed by atoms with E-state index in [-0.39, 0.29) is 0 Å². The summed E-state index contributed by atoms with van der Waals surface area (Å²) in [5.74, 6) is 0.983. The SMILES string of the molecule is O=C(O)CCCCCCCc1ccc2c(c1)OCO2. The molecule has 0 radical (unpaired) electrons. The average Bonchev–Trinajstić information content (AvgIpc) is 2.84. The number of fused-ring (bicyclic) bond motifs is 1. The Labute approximate surface area is 113 Å². The van der Waals surface area contributed by atoms with Crippen LogP contribution in [0.15, 0.2) is 18.2 Å². The van der Waals surface area contributed by atoms with Gasteiger partial charge in [-0.3, -0.25) is 4.79 Å². The maximum Gasteiger partial charge on any atom is 0.303 e. The highest BCUT2D eigenvalue weighted by atomic mass is 16.7. The van der Waals surface area contributed by atoms with Crippen LogP contribution in [0.25, 0.3) is 0 Å². The predicted octanol–water partition coefficient (Wildman–Crippen LogP) is 3.38. The molecule has 4 nitrogen and oxygen atoms in total. The highest BCUT2D eigenvalue weighted by Gasteiger charge is 2.12. The molecule has 0 saturated carbocycles. The molecule has 0 aliphatic carbocycles. The van der Waals surface area contributed by atoms with Gasteiger partial charge in [-0.1, -0.05) is 25.3 Å². The van der Waals surface area contributed by atoms with Gasteiger partial charge < -0.3 is 14.6 Å². The van der Waals surface area contributed by atoms with E-state index in [4.69, 9.17) is 14.6 Å². The van der Waals surface area contributed by atoms with Gasteiger partial charge in [0, 0.05) is 6.42 Å². The van der Waals surface area contributed by atoms with Crippen LogP contribution >= 0.6 is 0 Å². The largest absolute Gasteiger partial charge is 0.481 e. The lowest BCUT2D eigenvalue weighted by molar-refractivity contribution is -0.137. The first-order chi connectivity index (χ1) is 9.25. The normalized spacial score (nSPS) is 12.6. The maximum absolute atomic E-state index is 10.3. The fourth-order valence-corrected chi connectivity index (χ4v) is 2.23. The predicted molar refractivity (Wildman–Crippen MR) is 71.6 cm³/mol. The number of hydrogen-bond acceptors (Lipinski definition) is 3. The number of benzene rings is 1. The van der Waals surface area contributed by atoms with Crippen LogP contribution in [0.2, 0.25) is 0 Å². The first-order valence-electron chi connectivity index (χ1n) is 6.86. The van der Waals surface area contributed by atoms with E-state index in [1.807, 2.05) is 12.1 Å². The first-order valence-corrected chi connectivity index (χ1v) is 6.86. The van der Waals surface area contributed by atoms with Crippen molar-refractivity contribution < 1.29 is 19.4 Å². The van der Waals surface area contributed by atoms with Gasteiger partial charge in [-0.15, -0.1) is 0 Å². The monoisotopic (exact) mass is 264 g/mol. The van der Waals surface area contributed by atoms with Crippen molar-refractivity contribution in [2.24, 2.45) is 0 Å². The lowest BCUT2D eigenvalue weighted by atomic mass is 10.0. The third kappa shape index (κ3) is 4.47. The molecule has 0 atom stereocenters. The summed E-state index contributed by atoms with van der Waals surface area (Å²) in [6, 6.07) is 6.09. The van der Waals surface area contributed by atoms with E-state index in [1.165, 1.54) is 5.56 Å². The summed E-state index contributed by atoms with van der Waals surface area (Å²) in [6.07, 6.45) is 6.52. The van der Waals surface area contributed by atoms with Crippen molar-refractivity contribution in [1.82, 2.24) is 0 Å². The van der Waals surface area contributed by atoms with E-state index < -0.39 is 5.97 Å². The Balaban J connectivity index is 1.59. The lowest BCUT2D eigenvalue weighted by Gasteiger charge is -2.03. The van der Waals surface area contributed by atoms with Crippen LogP contribution in [0.5, 0.6) is 11.5 Å². The minimum Gasteiger partial charge on any atom is -0.481 e. The number of carbonyl (C=O) groups is 1. The molecule has 0 saturated heterocycles. The number of hydrogen-bond donors (Lipinski definition) is 1. The molecule has 1 aromatic rings. The van der Waals surface area contributed by atoms with Gasteiger partial charge in [-0.2, -0.15) is 0 Å². The van der Waals surface area contributed by atoms with Crippen molar-refractivity contribution in [3.8, 4) is 11.5 Å². The van der Waals surface area contributed by atoms with Gasteiger partial charge in [0.15, 0.2) is 11.5 Å². The quantitative estimate of drug-likeness (QED) is 0.731. The Morgan fingerprint density at radius 1 is 1.05 bits per heavy atom. The Morgan fingerprint density at radius 2 is 1.79 bits per heavy atom. The van der Waals surface area contributed by atoms with Crippen LogP contribution in [-0.2, 0) is 11.2 Å². The van der Waals surface area contributed by atoms with Crippen LogP contribution < -0.4 is 9.47 Å². The highest BCUT2D eigenvalue weighted by molar-refractivity contribution is 5.66. The second-order valence-electron chi connectivity index (χ2n) is 4.85. The van der Waals surface area contributed by atoms with E-state index in [1.54, 1.807) is 0 Å². The molecule has 4 heteroatoms.